The molecule has 0 atom stereocenters. The minimum absolute atomic E-state index is 0.221. The van der Waals surface area contributed by atoms with Crippen molar-refractivity contribution in [2.75, 3.05) is 0 Å². The molecule has 0 amide bonds. The third-order valence-electron chi connectivity index (χ3n) is 1.26. The quantitative estimate of drug-likeness (QED) is 0.561. The first-order valence-electron chi connectivity index (χ1n) is 3.43. The van der Waals surface area contributed by atoms with E-state index < -0.39 is 0 Å². The van der Waals surface area contributed by atoms with E-state index in [4.69, 9.17) is 0 Å². The van der Waals surface area contributed by atoms with E-state index in [2.05, 4.69) is 31.1 Å². The molecule has 0 aromatic carbocycles. The standard InChI is InChI=1S/C8H13NS/c1-6-5-10-7(9-6)8(2,3)4/h5H,1-4H3. The Morgan fingerprint density at radius 1 is 1.40 bits per heavy atom. The molecule has 0 bridgehead atoms. The van der Waals surface area contributed by atoms with E-state index in [1.165, 1.54) is 5.01 Å². The Hall–Kier alpha value is -0.370. The summed E-state index contributed by atoms with van der Waals surface area (Å²) in [5, 5.41) is 3.32. The molecule has 1 rings (SSSR count). The molecule has 0 saturated carbocycles. The van der Waals surface area contributed by atoms with Gasteiger partial charge < -0.3 is 0 Å². The summed E-state index contributed by atoms with van der Waals surface area (Å²) in [6, 6.07) is 0. The monoisotopic (exact) mass is 155 g/mol. The van der Waals surface area contributed by atoms with Gasteiger partial charge in [0.05, 0.1) is 5.01 Å². The molecule has 0 aliphatic heterocycles. The minimum atomic E-state index is 0.221. The predicted molar refractivity (Wildman–Crippen MR) is 45.6 cm³/mol. The minimum Gasteiger partial charge on any atom is -0.246 e. The molecule has 1 heterocycles. The number of aryl methyl sites for hydroxylation is 1. The highest BCUT2D eigenvalue weighted by Crippen LogP contribution is 2.24. The summed E-state index contributed by atoms with van der Waals surface area (Å²) < 4.78 is 0. The van der Waals surface area contributed by atoms with Gasteiger partial charge in [-0.1, -0.05) is 20.8 Å². The van der Waals surface area contributed by atoms with Crippen LogP contribution in [0.25, 0.3) is 0 Å². The Kier molecular flexibility index (Phi) is 1.82. The zero-order valence-corrected chi connectivity index (χ0v) is 7.75. The average Bonchev–Trinajstić information content (AvgIpc) is 2.11. The van der Waals surface area contributed by atoms with Crippen LogP contribution in [0, 0.1) is 6.92 Å². The number of rotatable bonds is 0. The fraction of sp³-hybridized carbons (Fsp3) is 0.625. The van der Waals surface area contributed by atoms with Crippen molar-refractivity contribution in [3.8, 4) is 0 Å². The van der Waals surface area contributed by atoms with Crippen LogP contribution < -0.4 is 0 Å². The summed E-state index contributed by atoms with van der Waals surface area (Å²) in [5.41, 5.74) is 1.36. The highest BCUT2D eigenvalue weighted by atomic mass is 32.1. The molecule has 0 saturated heterocycles. The van der Waals surface area contributed by atoms with Crippen molar-refractivity contribution >= 4 is 11.3 Å². The molecule has 0 N–H and O–H groups in total. The highest BCUT2D eigenvalue weighted by Gasteiger charge is 2.16. The second-order valence-corrected chi connectivity index (χ2v) is 4.40. The zero-order valence-electron chi connectivity index (χ0n) is 6.93. The number of thiazole rings is 1. The first-order valence-corrected chi connectivity index (χ1v) is 4.31. The van der Waals surface area contributed by atoms with Crippen molar-refractivity contribution in [2.24, 2.45) is 0 Å². The van der Waals surface area contributed by atoms with Gasteiger partial charge in [-0.15, -0.1) is 11.3 Å². The number of hydrogen-bond acceptors (Lipinski definition) is 2. The molecular formula is C8H13NS. The predicted octanol–water partition coefficient (Wildman–Crippen LogP) is 2.75. The van der Waals surface area contributed by atoms with E-state index >= 15 is 0 Å². The van der Waals surface area contributed by atoms with Gasteiger partial charge in [0.2, 0.25) is 0 Å². The first kappa shape index (κ1) is 7.73. The van der Waals surface area contributed by atoms with Crippen LogP contribution in [0.3, 0.4) is 0 Å². The normalized spacial score (nSPS) is 12.0. The Bertz CT molecular complexity index is 219. The van der Waals surface area contributed by atoms with Gasteiger partial charge in [-0.2, -0.15) is 0 Å². The Morgan fingerprint density at radius 3 is 2.20 bits per heavy atom. The van der Waals surface area contributed by atoms with Crippen LogP contribution in [0.4, 0.5) is 0 Å². The molecule has 10 heavy (non-hydrogen) atoms. The highest BCUT2D eigenvalue weighted by molar-refractivity contribution is 7.09. The molecule has 56 valence electrons. The molecule has 1 aromatic rings. The number of nitrogens with zero attached hydrogens (tertiary/aromatic N) is 1. The van der Waals surface area contributed by atoms with Crippen molar-refractivity contribution in [3.63, 3.8) is 0 Å². The van der Waals surface area contributed by atoms with Gasteiger partial charge in [0.1, 0.15) is 0 Å². The summed E-state index contributed by atoms with van der Waals surface area (Å²) in [6.07, 6.45) is 0. The molecule has 2 heteroatoms. The van der Waals surface area contributed by atoms with Crippen LogP contribution >= 0.6 is 11.3 Å². The fourth-order valence-electron chi connectivity index (χ4n) is 0.698. The van der Waals surface area contributed by atoms with Crippen molar-refractivity contribution in [3.05, 3.63) is 16.1 Å². The van der Waals surface area contributed by atoms with Gasteiger partial charge in [-0.3, -0.25) is 0 Å². The molecule has 0 radical (unpaired) electrons. The third kappa shape index (κ3) is 1.57. The van der Waals surface area contributed by atoms with Gasteiger partial charge in [0.25, 0.3) is 0 Å². The number of hydrogen-bond donors (Lipinski definition) is 0. The molecule has 0 unspecified atom stereocenters. The largest absolute Gasteiger partial charge is 0.246 e. The van der Waals surface area contributed by atoms with E-state index in [0.29, 0.717) is 0 Å². The first-order chi connectivity index (χ1) is 4.50. The number of aromatic nitrogens is 1. The van der Waals surface area contributed by atoms with Crippen LogP contribution in [-0.4, -0.2) is 4.98 Å². The molecule has 1 nitrogen and oxygen atoms in total. The van der Waals surface area contributed by atoms with E-state index in [9.17, 15) is 0 Å². The van der Waals surface area contributed by atoms with Crippen molar-refractivity contribution in [2.45, 2.75) is 33.1 Å². The summed E-state index contributed by atoms with van der Waals surface area (Å²) in [7, 11) is 0. The van der Waals surface area contributed by atoms with Crippen LogP contribution in [0.15, 0.2) is 5.38 Å². The summed E-state index contributed by atoms with van der Waals surface area (Å²) in [6.45, 7) is 8.59. The smallest absolute Gasteiger partial charge is 0.0981 e. The summed E-state index contributed by atoms with van der Waals surface area (Å²) >= 11 is 1.75. The molecule has 0 aliphatic carbocycles. The van der Waals surface area contributed by atoms with Crippen LogP contribution in [0.1, 0.15) is 31.5 Å². The van der Waals surface area contributed by atoms with Gasteiger partial charge >= 0.3 is 0 Å². The lowest BCUT2D eigenvalue weighted by Gasteiger charge is -2.13. The van der Waals surface area contributed by atoms with Crippen molar-refractivity contribution in [1.29, 1.82) is 0 Å². The lowest BCUT2D eigenvalue weighted by molar-refractivity contribution is 0.584. The summed E-state index contributed by atoms with van der Waals surface area (Å²) in [5.74, 6) is 0. The lowest BCUT2D eigenvalue weighted by atomic mass is 9.98. The SMILES string of the molecule is Cc1csc(C(C)(C)C)n1. The fourth-order valence-corrected chi connectivity index (χ4v) is 1.58. The van der Waals surface area contributed by atoms with E-state index in [0.717, 1.165) is 5.69 Å². The van der Waals surface area contributed by atoms with E-state index in [1.807, 2.05) is 6.92 Å². The maximum Gasteiger partial charge on any atom is 0.0981 e. The van der Waals surface area contributed by atoms with Crippen LogP contribution in [0.2, 0.25) is 0 Å². The Balaban J connectivity index is 2.96. The maximum absolute atomic E-state index is 4.40. The van der Waals surface area contributed by atoms with Gasteiger partial charge in [0.15, 0.2) is 0 Å². The maximum atomic E-state index is 4.40. The third-order valence-corrected chi connectivity index (χ3v) is 2.65. The average molecular weight is 155 g/mol. The van der Waals surface area contributed by atoms with Crippen molar-refractivity contribution in [1.82, 2.24) is 4.98 Å². The van der Waals surface area contributed by atoms with Crippen LogP contribution in [-0.2, 0) is 5.41 Å². The van der Waals surface area contributed by atoms with Gasteiger partial charge in [-0.05, 0) is 6.92 Å². The Labute approximate surface area is 66.1 Å². The summed E-state index contributed by atoms with van der Waals surface area (Å²) in [4.78, 5) is 4.40. The molecule has 0 spiro atoms. The molecule has 1 aromatic heterocycles. The Morgan fingerprint density at radius 2 is 2.00 bits per heavy atom. The van der Waals surface area contributed by atoms with E-state index in [-0.39, 0.29) is 5.41 Å². The topological polar surface area (TPSA) is 12.9 Å². The van der Waals surface area contributed by atoms with Crippen LogP contribution in [0.5, 0.6) is 0 Å². The zero-order chi connectivity index (χ0) is 7.78. The molecular weight excluding hydrogens is 142 g/mol. The van der Waals surface area contributed by atoms with Gasteiger partial charge in [-0.25, -0.2) is 4.98 Å². The second kappa shape index (κ2) is 2.35. The van der Waals surface area contributed by atoms with Gasteiger partial charge in [0, 0.05) is 16.5 Å². The molecule has 0 aliphatic rings. The van der Waals surface area contributed by atoms with E-state index in [1.54, 1.807) is 11.3 Å². The second-order valence-electron chi connectivity index (χ2n) is 3.54. The lowest BCUT2D eigenvalue weighted by Crippen LogP contribution is -2.10. The molecule has 0 fully saturated rings. The van der Waals surface area contributed by atoms with Crippen molar-refractivity contribution < 1.29 is 0 Å².